The van der Waals surface area contributed by atoms with Crippen LogP contribution in [0.1, 0.15) is 17.2 Å². The van der Waals surface area contributed by atoms with Gasteiger partial charge in [0.1, 0.15) is 5.75 Å². The summed E-state index contributed by atoms with van der Waals surface area (Å²) in [5.74, 6) is 1.72. The Kier molecular flexibility index (Phi) is 7.03. The highest BCUT2D eigenvalue weighted by Gasteiger charge is 2.17. The van der Waals surface area contributed by atoms with Gasteiger partial charge in [-0.3, -0.25) is 9.67 Å². The van der Waals surface area contributed by atoms with Crippen molar-refractivity contribution in [3.8, 4) is 5.75 Å². The molecule has 0 radical (unpaired) electrons. The molecule has 1 aromatic carbocycles. The quantitative estimate of drug-likeness (QED) is 0.603. The lowest BCUT2D eigenvalue weighted by molar-refractivity contribution is 0.295. The van der Waals surface area contributed by atoms with Crippen molar-refractivity contribution >= 4 is 5.96 Å². The monoisotopic (exact) mass is 358 g/mol. The van der Waals surface area contributed by atoms with Gasteiger partial charge in [0.15, 0.2) is 5.96 Å². The van der Waals surface area contributed by atoms with Crippen LogP contribution in [0.2, 0.25) is 0 Å². The van der Waals surface area contributed by atoms with Gasteiger partial charge in [-0.25, -0.2) is 0 Å². The number of nitrogens with zero attached hydrogens (tertiary/aromatic N) is 5. The Balaban J connectivity index is 1.98. The number of ether oxygens (including phenoxy) is 1. The average Bonchev–Trinajstić information content (AvgIpc) is 3.05. The zero-order valence-corrected chi connectivity index (χ0v) is 16.6. The highest BCUT2D eigenvalue weighted by molar-refractivity contribution is 5.79. The van der Waals surface area contributed by atoms with E-state index in [0.717, 1.165) is 24.8 Å². The largest absolute Gasteiger partial charge is 0.497 e. The summed E-state index contributed by atoms with van der Waals surface area (Å²) < 4.78 is 7.04. The maximum atomic E-state index is 5.21. The standard InChI is InChI=1S/C19H30N6O/c1-20-19(24(4)13-15-7-9-17(26-6)10-8-15)21-12-18(23(2)3)16-11-22-25(5)14-16/h7-11,14,18H,12-13H2,1-6H3,(H,20,21). The molecular formula is C19H30N6O. The second-order valence-corrected chi connectivity index (χ2v) is 6.56. The van der Waals surface area contributed by atoms with Crippen LogP contribution in [0.25, 0.3) is 0 Å². The second-order valence-electron chi connectivity index (χ2n) is 6.56. The molecule has 0 amide bonds. The Morgan fingerprint density at radius 3 is 2.46 bits per heavy atom. The SMILES string of the molecule is CN=C(NCC(c1cnn(C)c1)N(C)C)N(C)Cc1ccc(OC)cc1. The fourth-order valence-electron chi connectivity index (χ4n) is 2.86. The van der Waals surface area contributed by atoms with E-state index < -0.39 is 0 Å². The number of benzene rings is 1. The Hall–Kier alpha value is -2.54. The molecule has 0 fully saturated rings. The summed E-state index contributed by atoms with van der Waals surface area (Å²) in [5.41, 5.74) is 2.38. The third-order valence-electron chi connectivity index (χ3n) is 4.34. The van der Waals surface area contributed by atoms with Crippen molar-refractivity contribution in [3.05, 3.63) is 47.8 Å². The van der Waals surface area contributed by atoms with Gasteiger partial charge in [-0.05, 0) is 31.8 Å². The van der Waals surface area contributed by atoms with Crippen molar-refractivity contribution in [3.63, 3.8) is 0 Å². The van der Waals surface area contributed by atoms with Gasteiger partial charge in [0.2, 0.25) is 0 Å². The Morgan fingerprint density at radius 1 is 1.27 bits per heavy atom. The lowest BCUT2D eigenvalue weighted by Crippen LogP contribution is -2.42. The summed E-state index contributed by atoms with van der Waals surface area (Å²) in [7, 11) is 11.6. The minimum absolute atomic E-state index is 0.217. The summed E-state index contributed by atoms with van der Waals surface area (Å²) in [4.78, 5) is 8.71. The molecule has 7 nitrogen and oxygen atoms in total. The summed E-state index contributed by atoms with van der Waals surface area (Å²) in [6.07, 6.45) is 3.96. The maximum absolute atomic E-state index is 5.21. The molecule has 2 aromatic rings. The molecule has 1 aromatic heterocycles. The normalized spacial score (nSPS) is 13.0. The number of aliphatic imine (C=N–C) groups is 1. The van der Waals surface area contributed by atoms with Crippen molar-refractivity contribution in [2.45, 2.75) is 12.6 Å². The van der Waals surface area contributed by atoms with E-state index in [1.807, 2.05) is 44.2 Å². The van der Waals surface area contributed by atoms with Crippen LogP contribution in [0.3, 0.4) is 0 Å². The molecule has 0 aliphatic carbocycles. The fraction of sp³-hybridized carbons (Fsp3) is 0.474. The van der Waals surface area contributed by atoms with Crippen molar-refractivity contribution in [1.82, 2.24) is 24.9 Å². The van der Waals surface area contributed by atoms with Crippen molar-refractivity contribution in [2.75, 3.05) is 41.8 Å². The van der Waals surface area contributed by atoms with E-state index in [9.17, 15) is 0 Å². The summed E-state index contributed by atoms with van der Waals surface area (Å²) in [5, 5.41) is 7.76. The predicted octanol–water partition coefficient (Wildman–Crippen LogP) is 1.74. The minimum atomic E-state index is 0.217. The Bertz CT molecular complexity index is 707. The second kappa shape index (κ2) is 9.24. The van der Waals surface area contributed by atoms with E-state index in [1.165, 1.54) is 11.1 Å². The average molecular weight is 358 g/mol. The summed E-state index contributed by atoms with van der Waals surface area (Å²) in [6.45, 7) is 1.52. The van der Waals surface area contributed by atoms with E-state index in [1.54, 1.807) is 7.11 Å². The molecular weight excluding hydrogens is 328 g/mol. The molecule has 1 unspecified atom stereocenters. The predicted molar refractivity (Wildman–Crippen MR) is 105 cm³/mol. The third-order valence-corrected chi connectivity index (χ3v) is 4.34. The van der Waals surface area contributed by atoms with Crippen molar-refractivity contribution in [2.24, 2.45) is 12.0 Å². The van der Waals surface area contributed by atoms with Crippen LogP contribution in [0, 0.1) is 0 Å². The number of rotatable bonds is 7. The summed E-state index contributed by atoms with van der Waals surface area (Å²) in [6, 6.07) is 8.31. The molecule has 0 bridgehead atoms. The van der Waals surface area contributed by atoms with Gasteiger partial charge < -0.3 is 19.9 Å². The van der Waals surface area contributed by atoms with Crippen LogP contribution < -0.4 is 10.1 Å². The molecule has 0 saturated carbocycles. The minimum Gasteiger partial charge on any atom is -0.497 e. The fourth-order valence-corrected chi connectivity index (χ4v) is 2.86. The highest BCUT2D eigenvalue weighted by atomic mass is 16.5. The lowest BCUT2D eigenvalue weighted by Gasteiger charge is -2.27. The van der Waals surface area contributed by atoms with Gasteiger partial charge in [0.05, 0.1) is 19.3 Å². The van der Waals surface area contributed by atoms with Gasteiger partial charge in [0.25, 0.3) is 0 Å². The molecule has 0 aliphatic rings. The van der Waals surface area contributed by atoms with E-state index in [4.69, 9.17) is 4.74 Å². The molecule has 1 atom stereocenters. The van der Waals surface area contributed by atoms with E-state index in [0.29, 0.717) is 0 Å². The molecule has 1 N–H and O–H groups in total. The number of aromatic nitrogens is 2. The van der Waals surface area contributed by atoms with Gasteiger partial charge in [0, 0.05) is 46.0 Å². The number of hydrogen-bond acceptors (Lipinski definition) is 4. The van der Waals surface area contributed by atoms with Crippen molar-refractivity contribution < 1.29 is 4.74 Å². The number of aryl methyl sites for hydroxylation is 1. The molecule has 2 rings (SSSR count). The van der Waals surface area contributed by atoms with E-state index >= 15 is 0 Å². The first-order chi connectivity index (χ1) is 12.4. The Labute approximate surface area is 156 Å². The topological polar surface area (TPSA) is 57.9 Å². The van der Waals surface area contributed by atoms with Crippen LogP contribution in [0.5, 0.6) is 5.75 Å². The van der Waals surface area contributed by atoms with Crippen LogP contribution in [0.15, 0.2) is 41.7 Å². The van der Waals surface area contributed by atoms with Crippen LogP contribution >= 0.6 is 0 Å². The molecule has 0 aliphatic heterocycles. The molecule has 0 spiro atoms. The zero-order valence-electron chi connectivity index (χ0n) is 16.6. The summed E-state index contributed by atoms with van der Waals surface area (Å²) >= 11 is 0. The maximum Gasteiger partial charge on any atom is 0.193 e. The third kappa shape index (κ3) is 5.23. The van der Waals surface area contributed by atoms with Gasteiger partial charge in [-0.15, -0.1) is 0 Å². The van der Waals surface area contributed by atoms with Crippen LogP contribution in [-0.2, 0) is 13.6 Å². The molecule has 0 saturated heterocycles. The smallest absolute Gasteiger partial charge is 0.193 e. The van der Waals surface area contributed by atoms with Crippen molar-refractivity contribution in [1.29, 1.82) is 0 Å². The zero-order chi connectivity index (χ0) is 19.1. The molecule has 142 valence electrons. The van der Waals surface area contributed by atoms with E-state index in [-0.39, 0.29) is 6.04 Å². The van der Waals surface area contributed by atoms with Crippen LogP contribution in [-0.4, -0.2) is 67.4 Å². The number of nitrogens with one attached hydrogen (secondary N) is 1. The highest BCUT2D eigenvalue weighted by Crippen LogP contribution is 2.16. The Morgan fingerprint density at radius 2 is 1.96 bits per heavy atom. The first-order valence-corrected chi connectivity index (χ1v) is 8.64. The molecule has 7 heteroatoms. The number of methoxy groups -OCH3 is 1. The number of guanidine groups is 1. The van der Waals surface area contributed by atoms with Crippen LogP contribution in [0.4, 0.5) is 0 Å². The number of likely N-dealkylation sites (N-methyl/N-ethyl adjacent to an activating group) is 1. The van der Waals surface area contributed by atoms with Gasteiger partial charge in [-0.2, -0.15) is 5.10 Å². The molecule has 1 heterocycles. The molecule has 26 heavy (non-hydrogen) atoms. The lowest BCUT2D eigenvalue weighted by atomic mass is 10.1. The van der Waals surface area contributed by atoms with Gasteiger partial charge >= 0.3 is 0 Å². The first kappa shape index (κ1) is 19.8. The first-order valence-electron chi connectivity index (χ1n) is 8.64. The van der Waals surface area contributed by atoms with Gasteiger partial charge in [-0.1, -0.05) is 12.1 Å². The number of hydrogen-bond donors (Lipinski definition) is 1. The van der Waals surface area contributed by atoms with E-state index in [2.05, 4.69) is 57.6 Å².